The molecule has 3 N–H and O–H groups in total. The van der Waals surface area contributed by atoms with Gasteiger partial charge >= 0.3 is 5.97 Å². The second-order valence-electron chi connectivity index (χ2n) is 17.5. The van der Waals surface area contributed by atoms with Gasteiger partial charge in [0.25, 0.3) is 0 Å². The van der Waals surface area contributed by atoms with Crippen LogP contribution in [-0.4, -0.2) is 47.4 Å². The third-order valence-corrected chi connectivity index (χ3v) is 11.8. The fourth-order valence-electron chi connectivity index (χ4n) is 7.87. The first-order valence-corrected chi connectivity index (χ1v) is 25.5. The van der Waals surface area contributed by atoms with E-state index < -0.39 is 12.1 Å². The van der Waals surface area contributed by atoms with Crippen molar-refractivity contribution in [3.8, 4) is 0 Å². The van der Waals surface area contributed by atoms with Crippen molar-refractivity contribution in [3.63, 3.8) is 0 Å². The van der Waals surface area contributed by atoms with E-state index in [0.29, 0.717) is 19.4 Å². The van der Waals surface area contributed by atoms with Gasteiger partial charge in [-0.2, -0.15) is 0 Å². The Morgan fingerprint density at radius 1 is 0.474 bits per heavy atom. The molecule has 6 heteroatoms. The van der Waals surface area contributed by atoms with Crippen LogP contribution in [0.4, 0.5) is 0 Å². The molecule has 338 valence electrons. The maximum Gasteiger partial charge on any atom is 0.305 e. The Balaban J connectivity index is 3.49. The highest BCUT2D eigenvalue weighted by molar-refractivity contribution is 5.76. The Morgan fingerprint density at radius 3 is 1.19 bits per heavy atom. The normalized spacial score (nSPS) is 12.7. The summed E-state index contributed by atoms with van der Waals surface area (Å²) < 4.78 is 5.46. The molecule has 0 saturated carbocycles. The lowest BCUT2D eigenvalue weighted by Gasteiger charge is -2.20. The number of unbranched alkanes of at least 4 members (excludes halogenated alkanes) is 36. The molecule has 57 heavy (non-hydrogen) atoms. The average Bonchev–Trinajstić information content (AvgIpc) is 3.21. The number of esters is 1. The van der Waals surface area contributed by atoms with Gasteiger partial charge in [-0.25, -0.2) is 0 Å². The van der Waals surface area contributed by atoms with Crippen LogP contribution in [-0.2, 0) is 14.3 Å². The van der Waals surface area contributed by atoms with Crippen LogP contribution in [0.1, 0.15) is 277 Å². The molecule has 0 radical (unpaired) electrons. The summed E-state index contributed by atoms with van der Waals surface area (Å²) in [5.41, 5.74) is 0. The van der Waals surface area contributed by atoms with Gasteiger partial charge in [0, 0.05) is 12.8 Å². The van der Waals surface area contributed by atoms with Crippen LogP contribution >= 0.6 is 0 Å². The minimum absolute atomic E-state index is 0.0174. The Kier molecular flexibility index (Phi) is 46.1. The second kappa shape index (κ2) is 47.3. The van der Waals surface area contributed by atoms with E-state index in [-0.39, 0.29) is 18.5 Å². The van der Waals surface area contributed by atoms with Crippen molar-refractivity contribution in [3.05, 3.63) is 12.2 Å². The van der Waals surface area contributed by atoms with Gasteiger partial charge in [-0.05, 0) is 32.1 Å². The lowest BCUT2D eigenvalue weighted by atomic mass is 10.0. The zero-order chi connectivity index (χ0) is 41.5. The maximum absolute atomic E-state index is 12.4. The average molecular weight is 806 g/mol. The van der Waals surface area contributed by atoms with Crippen molar-refractivity contribution < 1.29 is 24.5 Å². The third kappa shape index (κ3) is 44.0. The SMILES string of the molecule is CCCCCCCCCCCCCC/C=C/C(O)C(CO)NC(=O)CCCCCCCCCCCCOC(=O)CCCCCCCCCCCCCCCCCC. The minimum Gasteiger partial charge on any atom is -0.466 e. The number of allylic oxidation sites excluding steroid dienone is 1. The van der Waals surface area contributed by atoms with Gasteiger partial charge < -0.3 is 20.3 Å². The first-order valence-electron chi connectivity index (χ1n) is 25.5. The van der Waals surface area contributed by atoms with Gasteiger partial charge in [-0.3, -0.25) is 9.59 Å². The van der Waals surface area contributed by atoms with E-state index in [2.05, 4.69) is 19.2 Å². The molecule has 0 fully saturated rings. The molecule has 2 unspecified atom stereocenters. The topological polar surface area (TPSA) is 95.9 Å². The molecule has 2 atom stereocenters. The van der Waals surface area contributed by atoms with Crippen molar-refractivity contribution in [1.29, 1.82) is 0 Å². The fourth-order valence-corrected chi connectivity index (χ4v) is 7.87. The first-order chi connectivity index (χ1) is 28.0. The molecule has 0 aromatic rings. The molecule has 1 amide bonds. The van der Waals surface area contributed by atoms with E-state index in [4.69, 9.17) is 4.74 Å². The van der Waals surface area contributed by atoms with E-state index in [1.807, 2.05) is 6.08 Å². The third-order valence-electron chi connectivity index (χ3n) is 11.8. The Hall–Kier alpha value is -1.40. The van der Waals surface area contributed by atoms with Crippen LogP contribution in [0.3, 0.4) is 0 Å². The highest BCUT2D eigenvalue weighted by Gasteiger charge is 2.18. The highest BCUT2D eigenvalue weighted by Crippen LogP contribution is 2.16. The van der Waals surface area contributed by atoms with Crippen LogP contribution in [0.15, 0.2) is 12.2 Å². The highest BCUT2D eigenvalue weighted by atomic mass is 16.5. The van der Waals surface area contributed by atoms with Gasteiger partial charge in [0.2, 0.25) is 5.91 Å². The van der Waals surface area contributed by atoms with Gasteiger partial charge in [-0.15, -0.1) is 0 Å². The zero-order valence-corrected chi connectivity index (χ0v) is 38.3. The lowest BCUT2D eigenvalue weighted by Crippen LogP contribution is -2.45. The number of aliphatic hydroxyl groups excluding tert-OH is 2. The number of hydrogen-bond donors (Lipinski definition) is 3. The minimum atomic E-state index is -0.857. The summed E-state index contributed by atoms with van der Waals surface area (Å²) in [6.45, 7) is 4.86. The summed E-state index contributed by atoms with van der Waals surface area (Å²) >= 11 is 0. The molecule has 0 rings (SSSR count). The molecular formula is C51H99NO5. The van der Waals surface area contributed by atoms with Crippen LogP contribution in [0, 0.1) is 0 Å². The van der Waals surface area contributed by atoms with E-state index in [0.717, 1.165) is 57.8 Å². The second-order valence-corrected chi connectivity index (χ2v) is 17.5. The summed E-state index contributed by atoms with van der Waals surface area (Å²) in [7, 11) is 0. The number of ether oxygens (including phenoxy) is 1. The first kappa shape index (κ1) is 55.6. The Morgan fingerprint density at radius 2 is 0.807 bits per heavy atom. The molecule has 0 heterocycles. The van der Waals surface area contributed by atoms with Gasteiger partial charge in [-0.1, -0.05) is 244 Å². The molecule has 0 aliphatic carbocycles. The van der Waals surface area contributed by atoms with Gasteiger partial charge in [0.1, 0.15) is 0 Å². The van der Waals surface area contributed by atoms with E-state index in [1.54, 1.807) is 6.08 Å². The number of hydrogen-bond acceptors (Lipinski definition) is 5. The fraction of sp³-hybridized carbons (Fsp3) is 0.922. The molecule has 0 spiro atoms. The van der Waals surface area contributed by atoms with Crippen LogP contribution in [0.5, 0.6) is 0 Å². The molecule has 0 bridgehead atoms. The number of aliphatic hydroxyl groups is 2. The van der Waals surface area contributed by atoms with Crippen molar-refractivity contribution in [2.45, 2.75) is 289 Å². The Labute approximate surface area is 355 Å². The van der Waals surface area contributed by atoms with Gasteiger partial charge in [0.15, 0.2) is 0 Å². The van der Waals surface area contributed by atoms with Crippen molar-refractivity contribution in [1.82, 2.24) is 5.32 Å². The summed E-state index contributed by atoms with van der Waals surface area (Å²) in [5, 5.41) is 23.0. The number of rotatable bonds is 47. The van der Waals surface area contributed by atoms with E-state index in [9.17, 15) is 19.8 Å². The number of amides is 1. The molecule has 0 aliphatic rings. The Bertz CT molecular complexity index is 847. The van der Waals surface area contributed by atoms with E-state index >= 15 is 0 Å². The van der Waals surface area contributed by atoms with Crippen LogP contribution in [0.25, 0.3) is 0 Å². The van der Waals surface area contributed by atoms with Crippen molar-refractivity contribution in [2.75, 3.05) is 13.2 Å². The lowest BCUT2D eigenvalue weighted by molar-refractivity contribution is -0.143. The monoisotopic (exact) mass is 806 g/mol. The largest absolute Gasteiger partial charge is 0.466 e. The predicted molar refractivity (Wildman–Crippen MR) is 246 cm³/mol. The van der Waals surface area contributed by atoms with E-state index in [1.165, 1.54) is 193 Å². The molecule has 0 aromatic carbocycles. The quantitative estimate of drug-likeness (QED) is 0.0323. The summed E-state index contributed by atoms with van der Waals surface area (Å²) in [5.74, 6) is -0.107. The number of nitrogens with one attached hydrogen (secondary N) is 1. The molecule has 6 nitrogen and oxygen atoms in total. The predicted octanol–water partition coefficient (Wildman–Crippen LogP) is 15.0. The van der Waals surface area contributed by atoms with Crippen molar-refractivity contribution in [2.24, 2.45) is 0 Å². The standard InChI is InChI=1S/C51H99NO5/c1-3-5-7-9-11-13-15-17-19-20-22-24-29-33-37-41-45-51(56)57-46-42-38-34-30-26-25-28-32-36-40-44-50(55)52-48(47-53)49(54)43-39-35-31-27-23-21-18-16-14-12-10-8-6-4-2/h39,43,48-49,53-54H,3-38,40-42,44-47H2,1-2H3,(H,52,55)/b43-39+. The van der Waals surface area contributed by atoms with Crippen LogP contribution in [0.2, 0.25) is 0 Å². The molecule has 0 aromatic heterocycles. The number of carbonyl (C=O) groups excluding carboxylic acids is 2. The molecular weight excluding hydrogens is 707 g/mol. The number of carbonyl (C=O) groups is 2. The summed E-state index contributed by atoms with van der Waals surface area (Å²) in [6, 6.07) is -0.642. The molecule has 0 aliphatic heterocycles. The summed E-state index contributed by atoms with van der Waals surface area (Å²) in [4.78, 5) is 24.5. The zero-order valence-electron chi connectivity index (χ0n) is 38.3. The summed E-state index contributed by atoms with van der Waals surface area (Å²) in [6.07, 6.45) is 53.5. The van der Waals surface area contributed by atoms with Gasteiger partial charge in [0.05, 0.1) is 25.4 Å². The smallest absolute Gasteiger partial charge is 0.305 e. The maximum atomic E-state index is 12.4. The van der Waals surface area contributed by atoms with Crippen LogP contribution < -0.4 is 5.32 Å². The molecule has 0 saturated heterocycles. The van der Waals surface area contributed by atoms with Crippen molar-refractivity contribution >= 4 is 11.9 Å².